The third-order valence-electron chi connectivity index (χ3n) is 4.21. The molecule has 0 aliphatic rings. The van der Waals surface area contributed by atoms with E-state index in [0.29, 0.717) is 16.6 Å². The lowest BCUT2D eigenvalue weighted by molar-refractivity contribution is -0.274. The third-order valence-corrected chi connectivity index (χ3v) is 4.21. The number of fused-ring (bicyclic) bond motifs is 1. The van der Waals surface area contributed by atoms with E-state index in [9.17, 15) is 22.8 Å². The van der Waals surface area contributed by atoms with Crippen LogP contribution >= 0.6 is 0 Å². The number of H-pyrrole nitrogens is 1. The number of carbonyl (C=O) groups excluding carboxylic acids is 1. The van der Waals surface area contributed by atoms with Crippen LogP contribution in [0.3, 0.4) is 0 Å². The number of ether oxygens (including phenoxy) is 2. The number of amides is 1. The van der Waals surface area contributed by atoms with Crippen LogP contribution in [0.5, 0.6) is 5.75 Å². The molecule has 30 heavy (non-hydrogen) atoms. The molecule has 1 aromatic carbocycles. The summed E-state index contributed by atoms with van der Waals surface area (Å²) in [5.74, 6) is -0.950. The van der Waals surface area contributed by atoms with Crippen LogP contribution in [-0.4, -0.2) is 36.0 Å². The second-order valence-corrected chi connectivity index (χ2v) is 6.55. The fraction of sp³-hybridized carbons (Fsp3) is 0.250. The van der Waals surface area contributed by atoms with E-state index < -0.39 is 23.9 Å². The van der Waals surface area contributed by atoms with Gasteiger partial charge in [-0.3, -0.25) is 14.6 Å². The second-order valence-electron chi connectivity index (χ2n) is 6.55. The van der Waals surface area contributed by atoms with Crippen molar-refractivity contribution in [2.45, 2.75) is 19.3 Å². The van der Waals surface area contributed by atoms with Crippen LogP contribution in [0.15, 0.2) is 47.4 Å². The summed E-state index contributed by atoms with van der Waals surface area (Å²) in [6.45, 7) is 1.86. The first-order valence-electron chi connectivity index (χ1n) is 8.81. The number of benzene rings is 1. The van der Waals surface area contributed by atoms with Gasteiger partial charge in [0.2, 0.25) is 5.56 Å². The molecule has 2 heterocycles. The second kappa shape index (κ2) is 8.54. The summed E-state index contributed by atoms with van der Waals surface area (Å²) in [4.78, 5) is 31.7. The topological polar surface area (TPSA) is 93.3 Å². The van der Waals surface area contributed by atoms with Crippen molar-refractivity contribution >= 4 is 16.9 Å². The van der Waals surface area contributed by atoms with Crippen molar-refractivity contribution in [2.75, 3.05) is 13.7 Å². The van der Waals surface area contributed by atoms with Crippen LogP contribution in [0.25, 0.3) is 11.0 Å². The van der Waals surface area contributed by atoms with Gasteiger partial charge in [0.1, 0.15) is 5.75 Å². The minimum absolute atomic E-state index is 0.0544. The minimum Gasteiger partial charge on any atom is -0.406 e. The van der Waals surface area contributed by atoms with E-state index in [1.807, 2.05) is 0 Å². The zero-order valence-electron chi connectivity index (χ0n) is 16.0. The number of hydrogen-bond acceptors (Lipinski definition) is 5. The number of nitrogens with one attached hydrogen (secondary N) is 2. The number of aromatic nitrogens is 2. The van der Waals surface area contributed by atoms with Crippen LogP contribution in [0.4, 0.5) is 13.2 Å². The lowest BCUT2D eigenvalue weighted by Gasteiger charge is -2.19. The van der Waals surface area contributed by atoms with Crippen LogP contribution in [-0.2, 0) is 4.74 Å². The number of methoxy groups -OCH3 is 1. The predicted octanol–water partition coefficient (Wildman–Crippen LogP) is 3.25. The van der Waals surface area contributed by atoms with E-state index in [-0.39, 0.29) is 17.9 Å². The van der Waals surface area contributed by atoms with Gasteiger partial charge in [0.05, 0.1) is 29.2 Å². The fourth-order valence-corrected chi connectivity index (χ4v) is 2.95. The normalized spacial score (nSPS) is 12.6. The molecule has 3 aromatic rings. The Hall–Kier alpha value is -3.40. The number of alkyl halides is 3. The maximum atomic E-state index is 12.9. The van der Waals surface area contributed by atoms with E-state index in [4.69, 9.17) is 4.74 Å². The first-order valence-corrected chi connectivity index (χ1v) is 8.81. The van der Waals surface area contributed by atoms with Crippen LogP contribution in [0.2, 0.25) is 0 Å². The Labute approximate surface area is 168 Å². The highest BCUT2D eigenvalue weighted by atomic mass is 19.4. The summed E-state index contributed by atoms with van der Waals surface area (Å²) in [6.07, 6.45) is -3.22. The third kappa shape index (κ3) is 5.15. The Morgan fingerprint density at radius 3 is 2.57 bits per heavy atom. The van der Waals surface area contributed by atoms with Crippen LogP contribution in [0, 0.1) is 6.92 Å². The largest absolute Gasteiger partial charge is 0.573 e. The Balaban J connectivity index is 1.88. The highest BCUT2D eigenvalue weighted by Crippen LogP contribution is 2.25. The van der Waals surface area contributed by atoms with Gasteiger partial charge in [-0.1, -0.05) is 12.1 Å². The molecule has 10 heteroatoms. The highest BCUT2D eigenvalue weighted by molar-refractivity contribution is 6.04. The molecule has 7 nitrogen and oxygen atoms in total. The van der Waals surface area contributed by atoms with Gasteiger partial charge in [-0.2, -0.15) is 0 Å². The summed E-state index contributed by atoms with van der Waals surface area (Å²) < 4.78 is 46.0. The van der Waals surface area contributed by atoms with Crippen molar-refractivity contribution < 1.29 is 27.4 Å². The zero-order chi connectivity index (χ0) is 21.9. The summed E-state index contributed by atoms with van der Waals surface area (Å²) in [7, 11) is 1.42. The van der Waals surface area contributed by atoms with Gasteiger partial charge < -0.3 is 19.8 Å². The molecule has 0 radical (unpaired) electrons. The van der Waals surface area contributed by atoms with E-state index >= 15 is 0 Å². The van der Waals surface area contributed by atoms with Gasteiger partial charge in [0.15, 0.2) is 0 Å². The van der Waals surface area contributed by atoms with Crippen LogP contribution < -0.4 is 15.6 Å². The van der Waals surface area contributed by atoms with Gasteiger partial charge in [-0.15, -0.1) is 13.2 Å². The Morgan fingerprint density at radius 1 is 1.23 bits per heavy atom. The molecular formula is C20H18F3N3O4. The number of hydrogen-bond donors (Lipinski definition) is 2. The molecule has 0 bridgehead atoms. The Morgan fingerprint density at radius 2 is 1.93 bits per heavy atom. The number of nitrogens with zero attached hydrogens (tertiary/aromatic N) is 1. The van der Waals surface area contributed by atoms with Crippen molar-refractivity contribution in [1.82, 2.24) is 15.3 Å². The molecule has 0 saturated heterocycles. The molecule has 0 saturated carbocycles. The molecule has 1 atom stereocenters. The zero-order valence-corrected chi connectivity index (χ0v) is 16.0. The van der Waals surface area contributed by atoms with E-state index in [0.717, 1.165) is 23.8 Å². The van der Waals surface area contributed by atoms with E-state index in [1.165, 1.54) is 19.2 Å². The monoisotopic (exact) mass is 421 g/mol. The molecule has 1 amide bonds. The predicted molar refractivity (Wildman–Crippen MR) is 102 cm³/mol. The molecular weight excluding hydrogens is 403 g/mol. The number of pyridine rings is 2. The molecule has 158 valence electrons. The van der Waals surface area contributed by atoms with Gasteiger partial charge in [-0.25, -0.2) is 0 Å². The maximum Gasteiger partial charge on any atom is 0.573 e. The lowest BCUT2D eigenvalue weighted by atomic mass is 10.1. The quantitative estimate of drug-likeness (QED) is 0.637. The minimum atomic E-state index is -4.80. The van der Waals surface area contributed by atoms with Crippen molar-refractivity contribution in [1.29, 1.82) is 0 Å². The van der Waals surface area contributed by atoms with Crippen molar-refractivity contribution in [3.05, 3.63) is 69.6 Å². The molecule has 0 fully saturated rings. The van der Waals surface area contributed by atoms with Gasteiger partial charge >= 0.3 is 6.36 Å². The average Bonchev–Trinajstić information content (AvgIpc) is 2.66. The molecule has 3 rings (SSSR count). The molecule has 2 N–H and O–H groups in total. The van der Waals surface area contributed by atoms with Gasteiger partial charge in [-0.05, 0) is 36.2 Å². The SMILES string of the molecule is COC[C@@H](NC(=O)c1cc(=O)[nH]c2cc(C)cnc12)c1ccc(OC(F)(F)F)cc1. The number of rotatable bonds is 6. The van der Waals surface area contributed by atoms with Crippen LogP contribution in [0.1, 0.15) is 27.5 Å². The maximum absolute atomic E-state index is 12.9. The number of carbonyl (C=O) groups is 1. The summed E-state index contributed by atoms with van der Waals surface area (Å²) in [5.41, 5.74) is 1.67. The number of aromatic amines is 1. The summed E-state index contributed by atoms with van der Waals surface area (Å²) in [5, 5.41) is 2.73. The molecule has 0 spiro atoms. The average molecular weight is 421 g/mol. The highest BCUT2D eigenvalue weighted by Gasteiger charge is 2.31. The molecule has 0 unspecified atom stereocenters. The number of aryl methyl sites for hydroxylation is 1. The summed E-state index contributed by atoms with van der Waals surface area (Å²) in [6, 6.07) is 7.24. The molecule has 0 aliphatic heterocycles. The van der Waals surface area contributed by atoms with Gasteiger partial charge in [0, 0.05) is 19.4 Å². The smallest absolute Gasteiger partial charge is 0.406 e. The first-order chi connectivity index (χ1) is 14.2. The Kier molecular flexibility index (Phi) is 6.06. The molecule has 0 aliphatic carbocycles. The Bertz CT molecular complexity index is 1110. The van der Waals surface area contributed by atoms with Gasteiger partial charge in [0.25, 0.3) is 5.91 Å². The standard InChI is InChI=1S/C20H18F3N3O4/c1-11-7-15-18(24-9-11)14(8-17(27)25-15)19(28)26-16(10-29-2)12-3-5-13(6-4-12)30-20(21,22)23/h3-9,16H,10H2,1-2H3,(H,25,27)(H,26,28)/t16-/m1/s1. The fourth-order valence-electron chi connectivity index (χ4n) is 2.95. The first kappa shape index (κ1) is 21.3. The van der Waals surface area contributed by atoms with Crippen molar-refractivity contribution in [2.24, 2.45) is 0 Å². The van der Waals surface area contributed by atoms with E-state index in [1.54, 1.807) is 19.2 Å². The van der Waals surface area contributed by atoms with E-state index in [2.05, 4.69) is 20.0 Å². The lowest BCUT2D eigenvalue weighted by Crippen LogP contribution is -2.32. The molecule has 2 aromatic heterocycles. The number of halogens is 3. The summed E-state index contributed by atoms with van der Waals surface area (Å²) >= 11 is 0. The van der Waals surface area contributed by atoms with Crippen molar-refractivity contribution in [3.8, 4) is 5.75 Å². The van der Waals surface area contributed by atoms with Crippen molar-refractivity contribution in [3.63, 3.8) is 0 Å².